The number of alkyl carbamates (subject to hydrolysis) is 1. The Morgan fingerprint density at radius 1 is 1.27 bits per heavy atom. The van der Waals surface area contributed by atoms with Crippen molar-refractivity contribution >= 4 is 50.2 Å². The van der Waals surface area contributed by atoms with Crippen LogP contribution in [0.1, 0.15) is 12.0 Å². The molecule has 33 heavy (non-hydrogen) atoms. The van der Waals surface area contributed by atoms with Gasteiger partial charge in [-0.2, -0.15) is 0 Å². The van der Waals surface area contributed by atoms with Crippen molar-refractivity contribution in [1.29, 1.82) is 0 Å². The van der Waals surface area contributed by atoms with Gasteiger partial charge in [0.15, 0.2) is 0 Å². The number of halogens is 2. The Kier molecular flexibility index (Phi) is 5.81. The number of rotatable bonds is 5. The van der Waals surface area contributed by atoms with Gasteiger partial charge in [-0.05, 0) is 48.0 Å². The van der Waals surface area contributed by atoms with Crippen molar-refractivity contribution in [3.05, 3.63) is 65.1 Å². The number of aromatic nitrogens is 1. The first-order chi connectivity index (χ1) is 15.5. The van der Waals surface area contributed by atoms with Gasteiger partial charge in [0.25, 0.3) is 11.7 Å². The fourth-order valence-corrected chi connectivity index (χ4v) is 4.71. The quantitative estimate of drug-likeness (QED) is 0.525. The molecular weight excluding hydrogens is 477 g/mol. The number of carbonyl (C=O) groups excluding carboxylic acids is 2. The number of nitrogens with one attached hydrogen (secondary N) is 1. The summed E-state index contributed by atoms with van der Waals surface area (Å²) in [4.78, 5) is 26.2. The minimum Gasteiger partial charge on any atom is -0.407 e. The summed E-state index contributed by atoms with van der Waals surface area (Å²) in [6.45, 7) is -0.0568. The number of nitrogens with zero attached hydrogens (tertiary/aromatic N) is 2. The highest BCUT2D eigenvalue weighted by Crippen LogP contribution is 2.32. The molecule has 3 aromatic rings. The van der Waals surface area contributed by atoms with Crippen LogP contribution in [0.2, 0.25) is 5.02 Å². The molecule has 1 fully saturated rings. The van der Waals surface area contributed by atoms with Gasteiger partial charge >= 0.3 is 6.09 Å². The molecular formula is C21H19ClFN3O6S. The average Bonchev–Trinajstić information content (AvgIpc) is 3.27. The second-order valence-corrected chi connectivity index (χ2v) is 9.93. The van der Waals surface area contributed by atoms with Crippen molar-refractivity contribution in [2.75, 3.05) is 17.7 Å². The third-order valence-corrected chi connectivity index (χ3v) is 6.43. The molecule has 0 radical (unpaired) electrons. The SMILES string of the molecule is CS(=O)(=O)n1ccc2cc(N3CCC(O)(OC(=O)NCc4cc(F)cc(Cl)c4)C3=O)ccc21. The van der Waals surface area contributed by atoms with E-state index in [0.717, 1.165) is 16.3 Å². The fraction of sp³-hybridized carbons (Fsp3) is 0.238. The van der Waals surface area contributed by atoms with Crippen molar-refractivity contribution < 1.29 is 32.2 Å². The molecule has 4 rings (SSSR count). The van der Waals surface area contributed by atoms with Crippen LogP contribution in [0.5, 0.6) is 0 Å². The van der Waals surface area contributed by atoms with Crippen molar-refractivity contribution in [1.82, 2.24) is 9.29 Å². The second-order valence-electron chi connectivity index (χ2n) is 7.63. The molecule has 2 aromatic carbocycles. The number of carbonyl (C=O) groups is 2. The zero-order valence-electron chi connectivity index (χ0n) is 17.3. The summed E-state index contributed by atoms with van der Waals surface area (Å²) in [5.74, 6) is -3.79. The molecule has 1 aliphatic heterocycles. The van der Waals surface area contributed by atoms with Gasteiger partial charge in [0.05, 0.1) is 11.8 Å². The van der Waals surface area contributed by atoms with E-state index in [1.54, 1.807) is 24.3 Å². The molecule has 0 spiro atoms. The van der Waals surface area contributed by atoms with Gasteiger partial charge in [0.1, 0.15) is 5.82 Å². The molecule has 1 unspecified atom stereocenters. The standard InChI is InChI=1S/C21H19ClFN3O6S/c1-33(30,31)26-6-4-14-10-17(2-3-18(14)26)25-7-5-21(29,19(25)27)32-20(28)24-12-13-8-15(22)11-16(23)9-13/h2-4,6,8-11,29H,5,7,12H2,1H3,(H,24,28). The monoisotopic (exact) mass is 495 g/mol. The van der Waals surface area contributed by atoms with E-state index in [9.17, 15) is 27.5 Å². The average molecular weight is 496 g/mol. The predicted octanol–water partition coefficient (Wildman–Crippen LogP) is 2.59. The smallest absolute Gasteiger partial charge is 0.407 e. The van der Waals surface area contributed by atoms with E-state index >= 15 is 0 Å². The van der Waals surface area contributed by atoms with Crippen LogP contribution >= 0.6 is 11.6 Å². The highest BCUT2D eigenvalue weighted by molar-refractivity contribution is 7.89. The molecule has 2 heterocycles. The predicted molar refractivity (Wildman–Crippen MR) is 119 cm³/mol. The fourth-order valence-electron chi connectivity index (χ4n) is 3.66. The first-order valence-corrected chi connectivity index (χ1v) is 12.0. The molecule has 0 saturated carbocycles. The maximum Gasteiger partial charge on any atom is 0.410 e. The maximum atomic E-state index is 13.4. The lowest BCUT2D eigenvalue weighted by Crippen LogP contribution is -2.46. The highest BCUT2D eigenvalue weighted by atomic mass is 35.5. The van der Waals surface area contributed by atoms with Gasteiger partial charge in [-0.15, -0.1) is 0 Å². The van der Waals surface area contributed by atoms with Gasteiger partial charge in [0, 0.05) is 41.8 Å². The van der Waals surface area contributed by atoms with Crippen LogP contribution in [-0.2, 0) is 26.1 Å². The van der Waals surface area contributed by atoms with E-state index in [0.29, 0.717) is 22.2 Å². The molecule has 9 nitrogen and oxygen atoms in total. The number of hydrogen-bond acceptors (Lipinski definition) is 6. The largest absolute Gasteiger partial charge is 0.410 e. The lowest BCUT2D eigenvalue weighted by atomic mass is 10.2. The van der Waals surface area contributed by atoms with Crippen molar-refractivity contribution in [3.63, 3.8) is 0 Å². The topological polar surface area (TPSA) is 118 Å². The molecule has 1 atom stereocenters. The van der Waals surface area contributed by atoms with Gasteiger partial charge in [-0.3, -0.25) is 4.79 Å². The van der Waals surface area contributed by atoms with Crippen LogP contribution in [0.25, 0.3) is 10.9 Å². The molecule has 2 amide bonds. The Bertz CT molecular complexity index is 1360. The lowest BCUT2D eigenvalue weighted by Gasteiger charge is -2.22. The normalized spacial score (nSPS) is 18.7. The van der Waals surface area contributed by atoms with E-state index in [1.807, 2.05) is 0 Å². The number of ether oxygens (including phenoxy) is 1. The number of fused-ring (bicyclic) bond motifs is 1. The van der Waals surface area contributed by atoms with E-state index < -0.39 is 33.6 Å². The molecule has 174 valence electrons. The Labute approximate surface area is 193 Å². The number of anilines is 1. The van der Waals surface area contributed by atoms with Crippen LogP contribution < -0.4 is 10.2 Å². The van der Waals surface area contributed by atoms with E-state index in [1.165, 1.54) is 23.2 Å². The molecule has 0 bridgehead atoms. The zero-order chi connectivity index (χ0) is 24.0. The number of aliphatic hydroxyl groups is 1. The molecule has 12 heteroatoms. The summed E-state index contributed by atoms with van der Waals surface area (Å²) < 4.78 is 43.2. The highest BCUT2D eigenvalue weighted by Gasteiger charge is 2.49. The molecule has 0 aliphatic carbocycles. The second kappa shape index (κ2) is 8.32. The minimum atomic E-state index is -3.49. The minimum absolute atomic E-state index is 0.0699. The Morgan fingerprint density at radius 2 is 2.03 bits per heavy atom. The van der Waals surface area contributed by atoms with Gasteiger partial charge in [-0.25, -0.2) is 21.6 Å². The van der Waals surface area contributed by atoms with Gasteiger partial charge in [-0.1, -0.05) is 11.6 Å². The van der Waals surface area contributed by atoms with Gasteiger partial charge in [0.2, 0.25) is 10.0 Å². The number of amides is 2. The molecule has 1 aromatic heterocycles. The third-order valence-electron chi connectivity index (χ3n) is 5.18. The van der Waals surface area contributed by atoms with Crippen LogP contribution in [0, 0.1) is 5.82 Å². The summed E-state index contributed by atoms with van der Waals surface area (Å²) in [6.07, 6.45) is 1.25. The summed E-state index contributed by atoms with van der Waals surface area (Å²) in [7, 11) is -3.49. The number of benzene rings is 2. The molecule has 2 N–H and O–H groups in total. The van der Waals surface area contributed by atoms with Crippen molar-refractivity contribution in [2.45, 2.75) is 18.8 Å². The zero-order valence-corrected chi connectivity index (χ0v) is 18.9. The number of hydrogen-bond donors (Lipinski definition) is 2. The summed E-state index contributed by atoms with van der Waals surface area (Å²) in [5, 5.41) is 13.7. The van der Waals surface area contributed by atoms with E-state index in [2.05, 4.69) is 5.32 Å². The Morgan fingerprint density at radius 3 is 2.73 bits per heavy atom. The first kappa shape index (κ1) is 23.0. The maximum absolute atomic E-state index is 13.4. The van der Waals surface area contributed by atoms with Gasteiger partial charge < -0.3 is 20.1 Å². The van der Waals surface area contributed by atoms with Crippen LogP contribution in [0.4, 0.5) is 14.9 Å². The Hall–Kier alpha value is -3.15. The summed E-state index contributed by atoms with van der Waals surface area (Å²) in [5.41, 5.74) is 1.22. The van der Waals surface area contributed by atoms with Crippen LogP contribution in [0.3, 0.4) is 0 Å². The lowest BCUT2D eigenvalue weighted by molar-refractivity contribution is -0.175. The first-order valence-electron chi connectivity index (χ1n) is 9.74. The van der Waals surface area contributed by atoms with E-state index in [4.69, 9.17) is 16.3 Å². The molecule has 1 aliphatic rings. The van der Waals surface area contributed by atoms with Crippen LogP contribution in [-0.4, -0.2) is 48.1 Å². The van der Waals surface area contributed by atoms with Crippen molar-refractivity contribution in [3.8, 4) is 0 Å². The molecule has 1 saturated heterocycles. The summed E-state index contributed by atoms with van der Waals surface area (Å²) in [6, 6.07) is 10.0. The summed E-state index contributed by atoms with van der Waals surface area (Å²) >= 11 is 5.77. The third kappa shape index (κ3) is 4.65. The Balaban J connectivity index is 1.45. The van der Waals surface area contributed by atoms with E-state index in [-0.39, 0.29) is 24.5 Å². The van der Waals surface area contributed by atoms with Crippen molar-refractivity contribution in [2.24, 2.45) is 0 Å². The van der Waals surface area contributed by atoms with Crippen LogP contribution in [0.15, 0.2) is 48.7 Å².